The third-order valence-electron chi connectivity index (χ3n) is 3.69. The van der Waals surface area contributed by atoms with Crippen LogP contribution >= 0.6 is 0 Å². The van der Waals surface area contributed by atoms with Gasteiger partial charge in [-0.05, 0) is 35.0 Å². The van der Waals surface area contributed by atoms with Crippen molar-refractivity contribution in [2.75, 3.05) is 11.1 Å². The Bertz CT molecular complexity index is 1020. The van der Waals surface area contributed by atoms with E-state index in [1.807, 2.05) is 60.7 Å². The number of pyridine rings is 1. The van der Waals surface area contributed by atoms with Crippen molar-refractivity contribution in [2.24, 2.45) is 0 Å². The normalized spacial score (nSPS) is 10.6. The molecule has 0 unspecified atom stereocenters. The number of nitrogens with two attached hydrogens (primary N) is 1. The first-order valence-corrected chi connectivity index (χ1v) is 7.75. The van der Waals surface area contributed by atoms with Gasteiger partial charge in [-0.3, -0.25) is 0 Å². The zero-order valence-electron chi connectivity index (χ0n) is 13.3. The molecule has 122 valence electrons. The first-order chi connectivity index (χ1) is 12.3. The summed E-state index contributed by atoms with van der Waals surface area (Å²) in [6.45, 7) is 0. The number of anilines is 3. The smallest absolute Gasteiger partial charge is 0.248 e. The van der Waals surface area contributed by atoms with Gasteiger partial charge in [-0.25, -0.2) is 9.97 Å². The summed E-state index contributed by atoms with van der Waals surface area (Å²) in [6, 6.07) is 19.4. The second-order valence-corrected chi connectivity index (χ2v) is 5.39. The monoisotopic (exact) mass is 329 g/mol. The lowest BCUT2D eigenvalue weighted by Crippen LogP contribution is -2.03. The van der Waals surface area contributed by atoms with Crippen molar-refractivity contribution in [3.8, 4) is 11.6 Å². The SMILES string of the molecule is Nc1c(Nc2ccccn2)ncnc1Oc1ccc2ccccc2c1. The van der Waals surface area contributed by atoms with E-state index in [-0.39, 0.29) is 0 Å². The summed E-state index contributed by atoms with van der Waals surface area (Å²) in [5, 5.41) is 5.29. The predicted octanol–water partition coefficient (Wildman–Crippen LogP) is 4.14. The molecule has 0 saturated carbocycles. The largest absolute Gasteiger partial charge is 0.437 e. The molecular weight excluding hydrogens is 314 g/mol. The van der Waals surface area contributed by atoms with Crippen LogP contribution in [-0.2, 0) is 0 Å². The maximum absolute atomic E-state index is 6.15. The number of nitrogens with one attached hydrogen (secondary N) is 1. The fourth-order valence-electron chi connectivity index (χ4n) is 2.46. The molecule has 0 aliphatic heterocycles. The third-order valence-corrected chi connectivity index (χ3v) is 3.69. The van der Waals surface area contributed by atoms with Crippen LogP contribution in [0.3, 0.4) is 0 Å². The number of benzene rings is 2. The van der Waals surface area contributed by atoms with Crippen LogP contribution in [0.1, 0.15) is 0 Å². The summed E-state index contributed by atoms with van der Waals surface area (Å²) >= 11 is 0. The maximum atomic E-state index is 6.15. The summed E-state index contributed by atoms with van der Waals surface area (Å²) in [6.07, 6.45) is 3.09. The van der Waals surface area contributed by atoms with Crippen LogP contribution in [0.2, 0.25) is 0 Å². The van der Waals surface area contributed by atoms with Gasteiger partial charge in [0, 0.05) is 6.20 Å². The summed E-state index contributed by atoms with van der Waals surface area (Å²) in [5.74, 6) is 2.05. The number of nitrogen functional groups attached to an aromatic ring is 1. The molecule has 25 heavy (non-hydrogen) atoms. The van der Waals surface area contributed by atoms with Gasteiger partial charge < -0.3 is 15.8 Å². The molecule has 0 saturated heterocycles. The highest BCUT2D eigenvalue weighted by atomic mass is 16.5. The number of fused-ring (bicyclic) bond motifs is 1. The third kappa shape index (κ3) is 3.18. The Labute approximate surface area is 144 Å². The van der Waals surface area contributed by atoms with Gasteiger partial charge in [0.25, 0.3) is 0 Å². The van der Waals surface area contributed by atoms with E-state index in [4.69, 9.17) is 10.5 Å². The number of rotatable bonds is 4. The van der Waals surface area contributed by atoms with E-state index < -0.39 is 0 Å². The van der Waals surface area contributed by atoms with Crippen LogP contribution in [0.15, 0.2) is 73.2 Å². The van der Waals surface area contributed by atoms with Gasteiger partial charge in [-0.1, -0.05) is 36.4 Å². The van der Waals surface area contributed by atoms with Gasteiger partial charge in [0.2, 0.25) is 5.88 Å². The van der Waals surface area contributed by atoms with E-state index in [9.17, 15) is 0 Å². The average Bonchev–Trinajstić information content (AvgIpc) is 2.66. The van der Waals surface area contributed by atoms with E-state index in [0.29, 0.717) is 29.0 Å². The second kappa shape index (κ2) is 6.45. The second-order valence-electron chi connectivity index (χ2n) is 5.39. The lowest BCUT2D eigenvalue weighted by Gasteiger charge is -2.11. The molecule has 0 aliphatic rings. The Morgan fingerprint density at radius 1 is 0.840 bits per heavy atom. The molecule has 0 bridgehead atoms. The Morgan fingerprint density at radius 3 is 2.52 bits per heavy atom. The van der Waals surface area contributed by atoms with Crippen molar-refractivity contribution >= 4 is 28.1 Å². The van der Waals surface area contributed by atoms with Crippen LogP contribution in [-0.4, -0.2) is 15.0 Å². The Morgan fingerprint density at radius 2 is 1.68 bits per heavy atom. The van der Waals surface area contributed by atoms with Crippen LogP contribution in [0.5, 0.6) is 11.6 Å². The van der Waals surface area contributed by atoms with Gasteiger partial charge in [0.15, 0.2) is 5.82 Å². The van der Waals surface area contributed by atoms with E-state index >= 15 is 0 Å². The van der Waals surface area contributed by atoms with Crippen molar-refractivity contribution < 1.29 is 4.74 Å². The van der Waals surface area contributed by atoms with Crippen molar-refractivity contribution in [2.45, 2.75) is 0 Å². The van der Waals surface area contributed by atoms with Gasteiger partial charge in [0.05, 0.1) is 0 Å². The Kier molecular flexibility index (Phi) is 3.84. The van der Waals surface area contributed by atoms with Crippen molar-refractivity contribution in [3.63, 3.8) is 0 Å². The predicted molar refractivity (Wildman–Crippen MR) is 98.0 cm³/mol. The first-order valence-electron chi connectivity index (χ1n) is 7.75. The lowest BCUT2D eigenvalue weighted by molar-refractivity contribution is 0.465. The van der Waals surface area contributed by atoms with E-state index in [1.54, 1.807) is 6.20 Å². The number of hydrogen-bond acceptors (Lipinski definition) is 6. The summed E-state index contributed by atoms with van der Waals surface area (Å²) in [7, 11) is 0. The topological polar surface area (TPSA) is 86.0 Å². The van der Waals surface area contributed by atoms with Crippen molar-refractivity contribution in [1.29, 1.82) is 0 Å². The standard InChI is InChI=1S/C19H15N5O/c20-17-18(24-16-7-3-4-10-21-16)22-12-23-19(17)25-15-9-8-13-5-1-2-6-14(13)11-15/h1-12H,20H2,(H,21,22,23,24). The molecule has 0 radical (unpaired) electrons. The zero-order valence-corrected chi connectivity index (χ0v) is 13.3. The Hall–Kier alpha value is -3.67. The van der Waals surface area contributed by atoms with Crippen LogP contribution in [0, 0.1) is 0 Å². The molecule has 4 rings (SSSR count). The molecule has 2 heterocycles. The van der Waals surface area contributed by atoms with Crippen molar-refractivity contribution in [1.82, 2.24) is 15.0 Å². The Balaban J connectivity index is 1.62. The molecule has 0 fully saturated rings. The van der Waals surface area contributed by atoms with Gasteiger partial charge in [0.1, 0.15) is 23.6 Å². The number of nitrogens with zero attached hydrogens (tertiary/aromatic N) is 3. The van der Waals surface area contributed by atoms with Gasteiger partial charge in [-0.2, -0.15) is 4.98 Å². The minimum absolute atomic E-state index is 0.295. The molecule has 0 atom stereocenters. The highest BCUT2D eigenvalue weighted by molar-refractivity contribution is 5.84. The van der Waals surface area contributed by atoms with E-state index in [2.05, 4.69) is 20.3 Å². The molecule has 0 spiro atoms. The molecule has 3 N–H and O–H groups in total. The minimum atomic E-state index is 0.295. The molecule has 2 aromatic carbocycles. The molecule has 0 amide bonds. The van der Waals surface area contributed by atoms with Crippen LogP contribution in [0.25, 0.3) is 10.8 Å². The fraction of sp³-hybridized carbons (Fsp3) is 0. The fourth-order valence-corrected chi connectivity index (χ4v) is 2.46. The number of aromatic nitrogens is 3. The quantitative estimate of drug-likeness (QED) is 0.585. The lowest BCUT2D eigenvalue weighted by atomic mass is 10.1. The summed E-state index contributed by atoms with van der Waals surface area (Å²) < 4.78 is 5.86. The van der Waals surface area contributed by atoms with Gasteiger partial charge >= 0.3 is 0 Å². The minimum Gasteiger partial charge on any atom is -0.437 e. The molecule has 6 nitrogen and oxygen atoms in total. The maximum Gasteiger partial charge on any atom is 0.248 e. The number of hydrogen-bond donors (Lipinski definition) is 2. The summed E-state index contributed by atoms with van der Waals surface area (Å²) in [4.78, 5) is 12.5. The average molecular weight is 329 g/mol. The van der Waals surface area contributed by atoms with Crippen LogP contribution in [0.4, 0.5) is 17.3 Å². The van der Waals surface area contributed by atoms with E-state index in [0.717, 1.165) is 10.8 Å². The molecular formula is C19H15N5O. The van der Waals surface area contributed by atoms with Crippen molar-refractivity contribution in [3.05, 3.63) is 73.2 Å². The molecule has 4 aromatic rings. The highest BCUT2D eigenvalue weighted by Crippen LogP contribution is 2.31. The summed E-state index contributed by atoms with van der Waals surface area (Å²) in [5.41, 5.74) is 6.47. The zero-order chi connectivity index (χ0) is 17.1. The van der Waals surface area contributed by atoms with Crippen LogP contribution < -0.4 is 15.8 Å². The van der Waals surface area contributed by atoms with E-state index in [1.165, 1.54) is 6.33 Å². The van der Waals surface area contributed by atoms with Gasteiger partial charge in [-0.15, -0.1) is 0 Å². The first kappa shape index (κ1) is 14.9. The molecule has 0 aliphatic carbocycles. The highest BCUT2D eigenvalue weighted by Gasteiger charge is 2.11. The molecule has 2 aromatic heterocycles. The number of ether oxygens (including phenoxy) is 1. The molecule has 6 heteroatoms.